The monoisotopic (exact) mass is 377 g/mol. The Labute approximate surface area is 164 Å². The van der Waals surface area contributed by atoms with Crippen molar-refractivity contribution in [2.45, 2.75) is 20.0 Å². The van der Waals surface area contributed by atoms with E-state index >= 15 is 0 Å². The van der Waals surface area contributed by atoms with Crippen LogP contribution in [0.1, 0.15) is 24.3 Å². The Balaban J connectivity index is 1.63. The van der Waals surface area contributed by atoms with E-state index in [2.05, 4.69) is 15.6 Å². The third-order valence-corrected chi connectivity index (χ3v) is 3.87. The molecule has 0 unspecified atom stereocenters. The van der Waals surface area contributed by atoms with Crippen LogP contribution in [0, 0.1) is 0 Å². The normalized spacial score (nSPS) is 10.4. The number of benzene rings is 2. The second-order valence-corrected chi connectivity index (χ2v) is 6.40. The highest BCUT2D eigenvalue weighted by atomic mass is 16.5. The maximum absolute atomic E-state index is 12.4. The standard InChI is InChI=1S/C22H23N3O3/c1-15(2)28-18-11-8-16(9-12-18)25-22(26)20-13-10-17(14-23-20)24-19-6-4-5-7-21(19)27-3/h4-15,24H,1-3H3,(H,25,26). The van der Waals surface area contributed by atoms with Gasteiger partial charge in [0.2, 0.25) is 0 Å². The van der Waals surface area contributed by atoms with Gasteiger partial charge in [0.05, 0.1) is 30.8 Å². The fraction of sp³-hybridized carbons (Fsp3) is 0.182. The molecule has 3 aromatic rings. The molecule has 0 aliphatic carbocycles. The SMILES string of the molecule is COc1ccccc1Nc1ccc(C(=O)Nc2ccc(OC(C)C)cc2)nc1. The molecule has 0 atom stereocenters. The molecule has 1 aromatic heterocycles. The average molecular weight is 377 g/mol. The quantitative estimate of drug-likeness (QED) is 0.614. The number of anilines is 3. The first-order valence-electron chi connectivity index (χ1n) is 8.99. The largest absolute Gasteiger partial charge is 0.495 e. The minimum absolute atomic E-state index is 0.104. The van der Waals surface area contributed by atoms with Crippen LogP contribution in [0.15, 0.2) is 66.9 Å². The first kappa shape index (κ1) is 19.2. The lowest BCUT2D eigenvalue weighted by atomic mass is 10.2. The first-order valence-corrected chi connectivity index (χ1v) is 8.99. The number of carbonyl (C=O) groups excluding carboxylic acids is 1. The number of nitrogens with one attached hydrogen (secondary N) is 2. The summed E-state index contributed by atoms with van der Waals surface area (Å²) >= 11 is 0. The molecular formula is C22H23N3O3. The average Bonchev–Trinajstić information content (AvgIpc) is 2.70. The Hall–Kier alpha value is -3.54. The molecule has 28 heavy (non-hydrogen) atoms. The molecule has 0 aliphatic rings. The van der Waals surface area contributed by atoms with Gasteiger partial charge in [-0.2, -0.15) is 0 Å². The smallest absolute Gasteiger partial charge is 0.274 e. The lowest BCUT2D eigenvalue weighted by Gasteiger charge is -2.11. The van der Waals surface area contributed by atoms with Gasteiger partial charge in [-0.05, 0) is 62.4 Å². The summed E-state index contributed by atoms with van der Waals surface area (Å²) < 4.78 is 10.9. The zero-order valence-electron chi connectivity index (χ0n) is 16.1. The van der Waals surface area contributed by atoms with Crippen molar-refractivity contribution in [1.82, 2.24) is 4.98 Å². The lowest BCUT2D eigenvalue weighted by Crippen LogP contribution is -2.13. The summed E-state index contributed by atoms with van der Waals surface area (Å²) in [7, 11) is 1.62. The number of hydrogen-bond donors (Lipinski definition) is 2. The summed E-state index contributed by atoms with van der Waals surface area (Å²) in [5, 5.41) is 6.06. The summed E-state index contributed by atoms with van der Waals surface area (Å²) in [4.78, 5) is 16.6. The molecule has 6 nitrogen and oxygen atoms in total. The summed E-state index contributed by atoms with van der Waals surface area (Å²) in [6.07, 6.45) is 1.72. The van der Waals surface area contributed by atoms with Gasteiger partial charge >= 0.3 is 0 Å². The van der Waals surface area contributed by atoms with E-state index in [-0.39, 0.29) is 12.0 Å². The van der Waals surface area contributed by atoms with Gasteiger partial charge in [0.25, 0.3) is 5.91 Å². The molecule has 0 radical (unpaired) electrons. The van der Waals surface area contributed by atoms with Gasteiger partial charge in [-0.3, -0.25) is 4.79 Å². The van der Waals surface area contributed by atoms with Gasteiger partial charge in [-0.15, -0.1) is 0 Å². The molecule has 144 valence electrons. The minimum atomic E-state index is -0.277. The van der Waals surface area contributed by atoms with Gasteiger partial charge < -0.3 is 20.1 Å². The Morgan fingerprint density at radius 3 is 2.32 bits per heavy atom. The maximum atomic E-state index is 12.4. The summed E-state index contributed by atoms with van der Waals surface area (Å²) in [5.74, 6) is 1.22. The van der Waals surface area contributed by atoms with Crippen molar-refractivity contribution in [3.8, 4) is 11.5 Å². The summed E-state index contributed by atoms with van der Waals surface area (Å²) in [6.45, 7) is 3.93. The van der Waals surface area contributed by atoms with Crippen molar-refractivity contribution in [2.24, 2.45) is 0 Å². The van der Waals surface area contributed by atoms with Crippen LogP contribution in [0.5, 0.6) is 11.5 Å². The van der Waals surface area contributed by atoms with Crippen molar-refractivity contribution in [3.63, 3.8) is 0 Å². The van der Waals surface area contributed by atoms with Crippen LogP contribution in [-0.4, -0.2) is 24.1 Å². The number of aromatic nitrogens is 1. The predicted octanol–water partition coefficient (Wildman–Crippen LogP) is 4.87. The Morgan fingerprint density at radius 2 is 1.68 bits per heavy atom. The highest BCUT2D eigenvalue weighted by Gasteiger charge is 2.09. The minimum Gasteiger partial charge on any atom is -0.495 e. The molecule has 2 aromatic carbocycles. The number of methoxy groups -OCH3 is 1. The Morgan fingerprint density at radius 1 is 0.964 bits per heavy atom. The molecule has 0 aliphatic heterocycles. The van der Waals surface area contributed by atoms with Gasteiger partial charge in [-0.1, -0.05) is 12.1 Å². The van der Waals surface area contributed by atoms with Crippen LogP contribution in [0.2, 0.25) is 0 Å². The number of pyridine rings is 1. The first-order chi connectivity index (χ1) is 13.5. The fourth-order valence-corrected chi connectivity index (χ4v) is 2.59. The number of carbonyl (C=O) groups is 1. The van der Waals surface area contributed by atoms with E-state index in [1.54, 1.807) is 37.6 Å². The molecule has 6 heteroatoms. The number of para-hydroxylation sites is 2. The fourth-order valence-electron chi connectivity index (χ4n) is 2.59. The molecule has 1 heterocycles. The summed E-state index contributed by atoms with van der Waals surface area (Å²) in [5.41, 5.74) is 2.59. The van der Waals surface area contributed by atoms with E-state index in [9.17, 15) is 4.79 Å². The van der Waals surface area contributed by atoms with Crippen LogP contribution >= 0.6 is 0 Å². The van der Waals surface area contributed by atoms with E-state index in [1.807, 2.05) is 50.2 Å². The van der Waals surface area contributed by atoms with Gasteiger partial charge in [0.15, 0.2) is 0 Å². The lowest BCUT2D eigenvalue weighted by molar-refractivity contribution is 0.102. The van der Waals surface area contributed by atoms with Crippen LogP contribution < -0.4 is 20.1 Å². The molecule has 1 amide bonds. The number of amides is 1. The third kappa shape index (κ3) is 5.01. The third-order valence-electron chi connectivity index (χ3n) is 3.87. The number of hydrogen-bond acceptors (Lipinski definition) is 5. The van der Waals surface area contributed by atoms with Crippen molar-refractivity contribution < 1.29 is 14.3 Å². The topological polar surface area (TPSA) is 72.5 Å². The number of rotatable bonds is 7. The van der Waals surface area contributed by atoms with Gasteiger partial charge in [-0.25, -0.2) is 4.98 Å². The summed E-state index contributed by atoms with van der Waals surface area (Å²) in [6, 6.07) is 18.3. The van der Waals surface area contributed by atoms with Crippen LogP contribution in [0.3, 0.4) is 0 Å². The van der Waals surface area contributed by atoms with E-state index in [1.165, 1.54) is 0 Å². The molecule has 0 bridgehead atoms. The predicted molar refractivity (Wildman–Crippen MR) is 111 cm³/mol. The Kier molecular flexibility index (Phi) is 6.11. The zero-order chi connectivity index (χ0) is 19.9. The van der Waals surface area contributed by atoms with Crippen molar-refractivity contribution in [3.05, 3.63) is 72.6 Å². The van der Waals surface area contributed by atoms with Crippen molar-refractivity contribution in [1.29, 1.82) is 0 Å². The van der Waals surface area contributed by atoms with E-state index in [0.29, 0.717) is 11.4 Å². The van der Waals surface area contributed by atoms with Crippen molar-refractivity contribution >= 4 is 23.0 Å². The molecule has 0 spiro atoms. The van der Waals surface area contributed by atoms with E-state index in [4.69, 9.17) is 9.47 Å². The Bertz CT molecular complexity index is 923. The second-order valence-electron chi connectivity index (χ2n) is 6.40. The van der Waals surface area contributed by atoms with Crippen molar-refractivity contribution in [2.75, 3.05) is 17.7 Å². The molecule has 0 saturated heterocycles. The van der Waals surface area contributed by atoms with Crippen LogP contribution in [0.4, 0.5) is 17.1 Å². The van der Waals surface area contributed by atoms with Crippen LogP contribution in [0.25, 0.3) is 0 Å². The van der Waals surface area contributed by atoms with Gasteiger partial charge in [0.1, 0.15) is 17.2 Å². The maximum Gasteiger partial charge on any atom is 0.274 e. The second kappa shape index (κ2) is 8.90. The molecule has 2 N–H and O–H groups in total. The number of nitrogens with zero attached hydrogens (tertiary/aromatic N) is 1. The van der Waals surface area contributed by atoms with Gasteiger partial charge in [0, 0.05) is 5.69 Å². The highest BCUT2D eigenvalue weighted by Crippen LogP contribution is 2.26. The molecule has 0 fully saturated rings. The zero-order valence-corrected chi connectivity index (χ0v) is 16.1. The van der Waals surface area contributed by atoms with Crippen LogP contribution in [-0.2, 0) is 0 Å². The highest BCUT2D eigenvalue weighted by molar-refractivity contribution is 6.03. The molecular weight excluding hydrogens is 354 g/mol. The molecule has 3 rings (SSSR count). The number of ether oxygens (including phenoxy) is 2. The van der Waals surface area contributed by atoms with E-state index in [0.717, 1.165) is 22.9 Å². The van der Waals surface area contributed by atoms with E-state index < -0.39 is 0 Å². The molecule has 0 saturated carbocycles.